The minimum absolute atomic E-state index is 0.000528. The Labute approximate surface area is 173 Å². The van der Waals surface area contributed by atoms with Gasteiger partial charge >= 0.3 is 0 Å². The fourth-order valence-electron chi connectivity index (χ4n) is 3.32. The van der Waals surface area contributed by atoms with Crippen molar-refractivity contribution in [3.63, 3.8) is 0 Å². The maximum absolute atomic E-state index is 12.6. The summed E-state index contributed by atoms with van der Waals surface area (Å²) in [5.41, 5.74) is 5.65. The van der Waals surface area contributed by atoms with Gasteiger partial charge in [0.2, 0.25) is 0 Å². The van der Waals surface area contributed by atoms with Crippen LogP contribution >= 0.6 is 0 Å². The molecule has 1 aromatic heterocycles. The third-order valence-electron chi connectivity index (χ3n) is 5.54. The molecule has 0 unspecified atom stereocenters. The third-order valence-corrected chi connectivity index (χ3v) is 5.54. The molecule has 1 heterocycles. The highest BCUT2D eigenvalue weighted by Crippen LogP contribution is 2.22. The first-order valence-electron chi connectivity index (χ1n) is 10.3. The van der Waals surface area contributed by atoms with Crippen molar-refractivity contribution in [3.8, 4) is 5.69 Å². The zero-order valence-corrected chi connectivity index (χ0v) is 17.7. The molecule has 0 radical (unpaired) electrons. The molecule has 1 N–H and O–H groups in total. The van der Waals surface area contributed by atoms with Gasteiger partial charge in [-0.3, -0.25) is 9.36 Å². The van der Waals surface area contributed by atoms with E-state index >= 15 is 0 Å². The van der Waals surface area contributed by atoms with Gasteiger partial charge in [0, 0.05) is 24.6 Å². The number of aryl methyl sites for hydroxylation is 4. The van der Waals surface area contributed by atoms with E-state index in [4.69, 9.17) is 0 Å². The zero-order chi connectivity index (χ0) is 20.9. The number of aliphatic hydroxyl groups excluding tert-OH is 1. The Morgan fingerprint density at radius 2 is 1.41 bits per heavy atom. The molecule has 0 aliphatic rings. The lowest BCUT2D eigenvalue weighted by atomic mass is 9.87. The van der Waals surface area contributed by atoms with E-state index in [0.717, 1.165) is 36.9 Å². The van der Waals surface area contributed by atoms with Crippen LogP contribution < -0.4 is 5.56 Å². The first-order chi connectivity index (χ1) is 13.9. The van der Waals surface area contributed by atoms with Gasteiger partial charge in [-0.1, -0.05) is 55.8 Å². The van der Waals surface area contributed by atoms with Gasteiger partial charge in [-0.05, 0) is 72.9 Å². The van der Waals surface area contributed by atoms with Gasteiger partial charge in [-0.15, -0.1) is 0 Å². The van der Waals surface area contributed by atoms with Crippen molar-refractivity contribution in [2.75, 3.05) is 6.61 Å². The molecule has 0 saturated heterocycles. The minimum Gasteiger partial charge on any atom is -0.396 e. The fourth-order valence-corrected chi connectivity index (χ4v) is 3.32. The average Bonchev–Trinajstić information content (AvgIpc) is 2.72. The van der Waals surface area contributed by atoms with Gasteiger partial charge in [0.1, 0.15) is 0 Å². The molecule has 152 valence electrons. The van der Waals surface area contributed by atoms with Crippen molar-refractivity contribution in [3.05, 3.63) is 99.5 Å². The summed E-state index contributed by atoms with van der Waals surface area (Å²) in [6.07, 6.45) is 5.51. The second-order valence-electron chi connectivity index (χ2n) is 8.72. The molecule has 0 bridgehead atoms. The summed E-state index contributed by atoms with van der Waals surface area (Å²) in [7, 11) is 0. The highest BCUT2D eigenvalue weighted by atomic mass is 16.3. The van der Waals surface area contributed by atoms with Crippen molar-refractivity contribution in [1.82, 2.24) is 4.57 Å². The molecule has 0 atom stereocenters. The highest BCUT2D eigenvalue weighted by Gasteiger charge is 2.16. The van der Waals surface area contributed by atoms with E-state index in [-0.39, 0.29) is 17.6 Å². The third kappa shape index (κ3) is 5.91. The maximum atomic E-state index is 12.6. The topological polar surface area (TPSA) is 42.2 Å². The molecular weight excluding hydrogens is 358 g/mol. The Bertz CT molecular complexity index is 982. The predicted molar refractivity (Wildman–Crippen MR) is 120 cm³/mol. The molecule has 0 aliphatic heterocycles. The fraction of sp³-hybridized carbons (Fsp3) is 0.346. The summed E-state index contributed by atoms with van der Waals surface area (Å²) in [5.74, 6) is 0. The van der Waals surface area contributed by atoms with Crippen LogP contribution in [-0.4, -0.2) is 16.3 Å². The maximum Gasteiger partial charge on any atom is 0.255 e. The van der Waals surface area contributed by atoms with Crippen LogP contribution in [0.2, 0.25) is 0 Å². The molecule has 3 heteroatoms. The molecule has 0 spiro atoms. The first kappa shape index (κ1) is 21.1. The van der Waals surface area contributed by atoms with Crippen LogP contribution in [0.3, 0.4) is 0 Å². The molecule has 2 aromatic carbocycles. The van der Waals surface area contributed by atoms with E-state index in [1.807, 2.05) is 24.4 Å². The molecule has 3 aromatic rings. The zero-order valence-electron chi connectivity index (χ0n) is 17.7. The van der Waals surface area contributed by atoms with Crippen LogP contribution in [0.15, 0.2) is 71.7 Å². The lowest BCUT2D eigenvalue weighted by Gasteiger charge is -2.21. The normalized spacial score (nSPS) is 11.6. The summed E-state index contributed by atoms with van der Waals surface area (Å²) < 4.78 is 1.69. The van der Waals surface area contributed by atoms with Crippen LogP contribution in [0, 0.1) is 12.3 Å². The van der Waals surface area contributed by atoms with Crippen LogP contribution in [0.25, 0.3) is 5.69 Å². The second-order valence-corrected chi connectivity index (χ2v) is 8.72. The Kier molecular flexibility index (Phi) is 6.71. The van der Waals surface area contributed by atoms with E-state index in [2.05, 4.69) is 57.2 Å². The number of benzene rings is 2. The summed E-state index contributed by atoms with van der Waals surface area (Å²) >= 11 is 0. The summed E-state index contributed by atoms with van der Waals surface area (Å²) in [6.45, 7) is 6.42. The molecule has 3 rings (SSSR count). The van der Waals surface area contributed by atoms with Crippen molar-refractivity contribution >= 4 is 0 Å². The average molecular weight is 390 g/mol. The molecular formula is C26H31NO2. The number of hydrogen-bond donors (Lipinski definition) is 1. The van der Waals surface area contributed by atoms with Crippen molar-refractivity contribution < 1.29 is 5.11 Å². The predicted octanol–water partition coefficient (Wildman–Crippen LogP) is 4.88. The van der Waals surface area contributed by atoms with Gasteiger partial charge in [0.15, 0.2) is 0 Å². The van der Waals surface area contributed by atoms with Gasteiger partial charge in [-0.25, -0.2) is 0 Å². The number of aromatic nitrogens is 1. The minimum atomic E-state index is -0.0655. The van der Waals surface area contributed by atoms with E-state index in [0.29, 0.717) is 0 Å². The number of hydrogen-bond acceptors (Lipinski definition) is 2. The number of nitrogens with zero attached hydrogens (tertiary/aromatic N) is 1. The van der Waals surface area contributed by atoms with E-state index in [9.17, 15) is 9.90 Å². The van der Waals surface area contributed by atoms with Crippen LogP contribution in [0.5, 0.6) is 0 Å². The van der Waals surface area contributed by atoms with Gasteiger partial charge in [-0.2, -0.15) is 0 Å². The van der Waals surface area contributed by atoms with E-state index in [1.165, 1.54) is 16.7 Å². The Morgan fingerprint density at radius 3 is 2.03 bits per heavy atom. The number of pyridine rings is 1. The highest BCUT2D eigenvalue weighted by molar-refractivity contribution is 5.36. The quantitative estimate of drug-likeness (QED) is 0.596. The Balaban J connectivity index is 1.65. The van der Waals surface area contributed by atoms with Crippen LogP contribution in [0.4, 0.5) is 0 Å². The molecule has 0 amide bonds. The molecule has 0 fully saturated rings. The van der Waals surface area contributed by atoms with Crippen LogP contribution in [0.1, 0.15) is 42.5 Å². The van der Waals surface area contributed by atoms with E-state index < -0.39 is 0 Å². The summed E-state index contributed by atoms with van der Waals surface area (Å²) in [5, 5.41) is 9.39. The van der Waals surface area contributed by atoms with Crippen molar-refractivity contribution in [2.45, 2.75) is 46.5 Å². The number of rotatable bonds is 8. The first-order valence-corrected chi connectivity index (χ1v) is 10.3. The molecule has 29 heavy (non-hydrogen) atoms. The standard InChI is InChI=1S/C26H31NO2/c1-20-4-6-21(7-5-20)8-9-23-15-17-27(25(29)18-23)24-12-10-22(11-13-24)14-16-26(2,3)19-28/h4-7,10-13,15,17-18,28H,8-9,14,16,19H2,1-3H3. The van der Waals surface area contributed by atoms with Gasteiger partial charge in [0.25, 0.3) is 5.56 Å². The Hall–Kier alpha value is -2.65. The summed E-state index contributed by atoms with van der Waals surface area (Å²) in [4.78, 5) is 12.6. The molecule has 0 saturated carbocycles. The second kappa shape index (κ2) is 9.23. The summed E-state index contributed by atoms with van der Waals surface area (Å²) in [6, 6.07) is 20.5. The van der Waals surface area contributed by atoms with E-state index in [1.54, 1.807) is 10.6 Å². The van der Waals surface area contributed by atoms with Gasteiger partial charge in [0.05, 0.1) is 0 Å². The smallest absolute Gasteiger partial charge is 0.255 e. The van der Waals surface area contributed by atoms with Crippen LogP contribution in [-0.2, 0) is 19.3 Å². The Morgan fingerprint density at radius 1 is 0.828 bits per heavy atom. The molecule has 3 nitrogen and oxygen atoms in total. The largest absolute Gasteiger partial charge is 0.396 e. The lowest BCUT2D eigenvalue weighted by Crippen LogP contribution is -2.18. The monoisotopic (exact) mass is 389 g/mol. The lowest BCUT2D eigenvalue weighted by molar-refractivity contribution is 0.151. The van der Waals surface area contributed by atoms with Crippen molar-refractivity contribution in [2.24, 2.45) is 5.41 Å². The number of aliphatic hydroxyl groups is 1. The SMILES string of the molecule is Cc1ccc(CCc2ccn(-c3ccc(CCC(C)(C)CO)cc3)c(=O)c2)cc1. The molecule has 0 aliphatic carbocycles. The van der Waals surface area contributed by atoms with Gasteiger partial charge < -0.3 is 5.11 Å². The van der Waals surface area contributed by atoms with Crippen molar-refractivity contribution in [1.29, 1.82) is 0 Å².